The van der Waals surface area contributed by atoms with Gasteiger partial charge in [-0.25, -0.2) is 9.69 Å². The summed E-state index contributed by atoms with van der Waals surface area (Å²) in [6.45, 7) is 3.45. The Bertz CT molecular complexity index is 731. The minimum atomic E-state index is -1.12. The van der Waals surface area contributed by atoms with E-state index < -0.39 is 23.8 Å². The molecule has 138 valence electrons. The Kier molecular flexibility index (Phi) is 6.00. The van der Waals surface area contributed by atoms with E-state index >= 15 is 0 Å². The van der Waals surface area contributed by atoms with Gasteiger partial charge in [0.25, 0.3) is 5.91 Å². The second-order valence-corrected chi connectivity index (χ2v) is 6.82. The molecule has 7 nitrogen and oxygen atoms in total. The molecule has 2 aliphatic rings. The van der Waals surface area contributed by atoms with Crippen molar-refractivity contribution in [2.24, 2.45) is 10.9 Å². The topological polar surface area (TPSA) is 82.1 Å². The first-order chi connectivity index (χ1) is 12.6. The Balaban J connectivity index is 1.66. The van der Waals surface area contributed by atoms with Gasteiger partial charge in [0.15, 0.2) is 5.92 Å². The number of urea groups is 1. The van der Waals surface area contributed by atoms with Crippen molar-refractivity contribution < 1.29 is 14.4 Å². The number of barbiturate groups is 1. The van der Waals surface area contributed by atoms with E-state index in [1.54, 1.807) is 18.2 Å². The first-order valence-electron chi connectivity index (χ1n) is 8.73. The van der Waals surface area contributed by atoms with Crippen LogP contribution in [0.25, 0.3) is 0 Å². The van der Waals surface area contributed by atoms with Gasteiger partial charge in [0, 0.05) is 17.8 Å². The Hall–Kier alpha value is -2.25. The normalized spacial score (nSPS) is 22.1. The zero-order valence-electron chi connectivity index (χ0n) is 14.4. The highest BCUT2D eigenvalue weighted by Crippen LogP contribution is 2.23. The monoisotopic (exact) mass is 376 g/mol. The number of hydrogen-bond donors (Lipinski definition) is 1. The molecule has 26 heavy (non-hydrogen) atoms. The van der Waals surface area contributed by atoms with Crippen molar-refractivity contribution in [2.45, 2.75) is 19.3 Å². The van der Waals surface area contributed by atoms with Gasteiger partial charge in [-0.15, -0.1) is 0 Å². The maximum absolute atomic E-state index is 12.7. The fourth-order valence-corrected chi connectivity index (χ4v) is 3.33. The minimum absolute atomic E-state index is 0.319. The molecule has 4 amide bonds. The van der Waals surface area contributed by atoms with Crippen molar-refractivity contribution in [3.63, 3.8) is 0 Å². The quantitative estimate of drug-likeness (QED) is 0.630. The number of anilines is 1. The van der Waals surface area contributed by atoms with E-state index in [1.165, 1.54) is 31.5 Å². The van der Waals surface area contributed by atoms with Gasteiger partial charge < -0.3 is 4.90 Å². The summed E-state index contributed by atoms with van der Waals surface area (Å²) in [6, 6.07) is 5.59. The molecule has 2 heterocycles. The number of aliphatic imine (C=N–C) groups is 1. The molecule has 1 atom stereocenters. The lowest BCUT2D eigenvalue weighted by molar-refractivity contribution is -0.131. The summed E-state index contributed by atoms with van der Waals surface area (Å²) in [7, 11) is 0. The van der Waals surface area contributed by atoms with Crippen molar-refractivity contribution in [2.75, 3.05) is 31.1 Å². The Morgan fingerprint density at radius 3 is 2.69 bits per heavy atom. The molecule has 0 saturated carbocycles. The molecule has 0 unspecified atom stereocenters. The highest BCUT2D eigenvalue weighted by Gasteiger charge is 2.40. The van der Waals surface area contributed by atoms with Crippen LogP contribution in [0, 0.1) is 5.92 Å². The average molecular weight is 377 g/mol. The summed E-state index contributed by atoms with van der Waals surface area (Å²) >= 11 is 5.93. The van der Waals surface area contributed by atoms with Crippen LogP contribution in [0.2, 0.25) is 5.02 Å². The van der Waals surface area contributed by atoms with Crippen LogP contribution in [0.4, 0.5) is 10.5 Å². The highest BCUT2D eigenvalue weighted by atomic mass is 35.5. The molecule has 0 spiro atoms. The van der Waals surface area contributed by atoms with Gasteiger partial charge in [-0.3, -0.25) is 19.9 Å². The molecule has 2 aliphatic heterocycles. The van der Waals surface area contributed by atoms with E-state index in [0.29, 0.717) is 17.3 Å². The third kappa shape index (κ3) is 4.28. The fraction of sp³-hybridized carbons (Fsp3) is 0.444. The molecule has 0 aromatic heterocycles. The van der Waals surface area contributed by atoms with E-state index in [4.69, 9.17) is 11.6 Å². The molecular formula is C18H21ClN4O3. The Morgan fingerprint density at radius 2 is 1.96 bits per heavy atom. The molecule has 1 aromatic rings. The van der Waals surface area contributed by atoms with Crippen LogP contribution in [0.15, 0.2) is 29.3 Å². The van der Waals surface area contributed by atoms with E-state index in [1.807, 2.05) is 0 Å². The lowest BCUT2D eigenvalue weighted by Crippen LogP contribution is -2.58. The van der Waals surface area contributed by atoms with Gasteiger partial charge in [-0.1, -0.05) is 24.1 Å². The number of benzene rings is 1. The van der Waals surface area contributed by atoms with Gasteiger partial charge in [0.05, 0.1) is 12.2 Å². The van der Waals surface area contributed by atoms with Gasteiger partial charge in [-0.05, 0) is 44.1 Å². The van der Waals surface area contributed by atoms with E-state index in [9.17, 15) is 14.4 Å². The number of nitrogens with zero attached hydrogens (tertiary/aromatic N) is 3. The summed E-state index contributed by atoms with van der Waals surface area (Å²) in [5.41, 5.74) is 0.319. The number of imide groups is 2. The summed E-state index contributed by atoms with van der Waals surface area (Å²) < 4.78 is 0. The zero-order chi connectivity index (χ0) is 18.5. The molecule has 2 fully saturated rings. The SMILES string of the molecule is O=C1NC(=O)N(c2cccc(Cl)c2)C(=O)[C@H]1C=NCCN1CCCCC1. The van der Waals surface area contributed by atoms with Crippen molar-refractivity contribution in [1.82, 2.24) is 10.2 Å². The van der Waals surface area contributed by atoms with Crippen molar-refractivity contribution >= 4 is 41.3 Å². The third-order valence-electron chi connectivity index (χ3n) is 4.52. The number of piperidine rings is 1. The van der Waals surface area contributed by atoms with Crippen molar-refractivity contribution in [1.29, 1.82) is 0 Å². The van der Waals surface area contributed by atoms with Crippen molar-refractivity contribution in [3.05, 3.63) is 29.3 Å². The molecule has 8 heteroatoms. The van der Waals surface area contributed by atoms with Crippen molar-refractivity contribution in [3.8, 4) is 0 Å². The number of rotatable bonds is 5. The number of nitrogens with one attached hydrogen (secondary N) is 1. The standard InChI is InChI=1S/C18H21ClN4O3/c19-13-5-4-6-14(11-13)23-17(25)15(16(24)21-18(23)26)12-20-7-10-22-8-2-1-3-9-22/h4-6,11-12,15H,1-3,7-10H2,(H,21,24,26)/t15-/m0/s1. The second-order valence-electron chi connectivity index (χ2n) is 6.38. The fourth-order valence-electron chi connectivity index (χ4n) is 3.14. The number of carbonyl (C=O) groups is 3. The molecule has 3 rings (SSSR count). The second kappa shape index (κ2) is 8.42. The minimum Gasteiger partial charge on any atom is -0.302 e. The molecule has 0 radical (unpaired) electrons. The molecule has 1 N–H and O–H groups in total. The average Bonchev–Trinajstić information content (AvgIpc) is 2.61. The van der Waals surface area contributed by atoms with Crippen LogP contribution in [0.1, 0.15) is 19.3 Å². The van der Waals surface area contributed by atoms with Gasteiger partial charge >= 0.3 is 6.03 Å². The van der Waals surface area contributed by atoms with E-state index in [0.717, 1.165) is 24.5 Å². The van der Waals surface area contributed by atoms with Gasteiger partial charge in [0.2, 0.25) is 5.91 Å². The summed E-state index contributed by atoms with van der Waals surface area (Å²) in [6.07, 6.45) is 5.00. The molecule has 1 aromatic carbocycles. The zero-order valence-corrected chi connectivity index (χ0v) is 15.1. The van der Waals surface area contributed by atoms with Gasteiger partial charge in [0.1, 0.15) is 0 Å². The summed E-state index contributed by atoms with van der Waals surface area (Å²) in [4.78, 5) is 44.3. The first-order valence-corrected chi connectivity index (χ1v) is 9.11. The summed E-state index contributed by atoms with van der Waals surface area (Å²) in [5.74, 6) is -2.39. The lowest BCUT2D eigenvalue weighted by Gasteiger charge is -2.28. The van der Waals surface area contributed by atoms with E-state index in [2.05, 4.69) is 15.2 Å². The van der Waals surface area contributed by atoms with Crippen LogP contribution in [0.5, 0.6) is 0 Å². The molecular weight excluding hydrogens is 356 g/mol. The highest BCUT2D eigenvalue weighted by molar-refractivity contribution is 6.34. The van der Waals surface area contributed by atoms with E-state index in [-0.39, 0.29) is 0 Å². The Morgan fingerprint density at radius 1 is 1.19 bits per heavy atom. The lowest BCUT2D eigenvalue weighted by atomic mass is 10.1. The Labute approximate surface area is 157 Å². The number of halogens is 1. The smallest absolute Gasteiger partial charge is 0.302 e. The maximum atomic E-state index is 12.7. The van der Waals surface area contributed by atoms with Crippen LogP contribution in [-0.2, 0) is 9.59 Å². The number of carbonyl (C=O) groups excluding carboxylic acids is 3. The third-order valence-corrected chi connectivity index (χ3v) is 4.75. The van der Waals surface area contributed by atoms with Gasteiger partial charge in [-0.2, -0.15) is 0 Å². The number of amides is 4. The molecule has 2 saturated heterocycles. The predicted octanol–water partition coefficient (Wildman–Crippen LogP) is 2.10. The van der Waals surface area contributed by atoms with Crippen LogP contribution >= 0.6 is 11.6 Å². The number of likely N-dealkylation sites (tertiary alicyclic amines) is 1. The first kappa shape index (κ1) is 18.5. The number of hydrogen-bond acceptors (Lipinski definition) is 5. The van der Waals surface area contributed by atoms with Crippen LogP contribution in [0.3, 0.4) is 0 Å². The summed E-state index contributed by atoms with van der Waals surface area (Å²) in [5, 5.41) is 2.60. The van der Waals surface area contributed by atoms with Crippen LogP contribution < -0.4 is 10.2 Å². The largest absolute Gasteiger partial charge is 0.335 e. The maximum Gasteiger partial charge on any atom is 0.335 e. The van der Waals surface area contributed by atoms with Crippen LogP contribution in [-0.4, -0.2) is 55.1 Å². The predicted molar refractivity (Wildman–Crippen MR) is 99.6 cm³/mol. The molecule has 0 bridgehead atoms. The molecule has 0 aliphatic carbocycles.